The van der Waals surface area contributed by atoms with Crippen LogP contribution in [-0.4, -0.2) is 25.9 Å². The van der Waals surface area contributed by atoms with Crippen LogP contribution in [0.15, 0.2) is 12.1 Å². The summed E-state index contributed by atoms with van der Waals surface area (Å²) in [6.45, 7) is 2.13. The van der Waals surface area contributed by atoms with Crippen LogP contribution in [0.3, 0.4) is 0 Å². The van der Waals surface area contributed by atoms with Gasteiger partial charge in [0.25, 0.3) is 0 Å². The van der Waals surface area contributed by atoms with Crippen molar-refractivity contribution in [2.45, 2.75) is 32.5 Å². The van der Waals surface area contributed by atoms with Crippen molar-refractivity contribution in [1.29, 1.82) is 0 Å². The highest BCUT2D eigenvalue weighted by atomic mass is 19.4. The lowest BCUT2D eigenvalue weighted by Crippen LogP contribution is -2.25. The smallest absolute Gasteiger partial charge is 0.372 e. The van der Waals surface area contributed by atoms with Gasteiger partial charge in [-0.05, 0) is 25.5 Å². The number of aryl methyl sites for hydroxylation is 1. The number of halogens is 5. The van der Waals surface area contributed by atoms with E-state index in [9.17, 15) is 22.0 Å². The molecular formula is C14H18F5NO. The SMILES string of the molecule is CCNC(CCOCC(F)(F)F)c1ccc(C)c(F)c1F. The van der Waals surface area contributed by atoms with Gasteiger partial charge >= 0.3 is 6.18 Å². The number of rotatable bonds is 7. The first-order valence-electron chi connectivity index (χ1n) is 6.58. The van der Waals surface area contributed by atoms with E-state index < -0.39 is 30.5 Å². The van der Waals surface area contributed by atoms with E-state index in [4.69, 9.17) is 0 Å². The molecule has 0 aromatic heterocycles. The van der Waals surface area contributed by atoms with Crippen LogP contribution < -0.4 is 5.32 Å². The summed E-state index contributed by atoms with van der Waals surface area (Å²) in [5.74, 6) is -1.91. The minimum Gasteiger partial charge on any atom is -0.372 e. The molecule has 1 aromatic carbocycles. The van der Waals surface area contributed by atoms with Gasteiger partial charge in [0.2, 0.25) is 0 Å². The van der Waals surface area contributed by atoms with E-state index in [-0.39, 0.29) is 24.2 Å². The molecule has 0 amide bonds. The highest BCUT2D eigenvalue weighted by Crippen LogP contribution is 2.24. The number of hydrogen-bond donors (Lipinski definition) is 1. The molecule has 0 saturated carbocycles. The quantitative estimate of drug-likeness (QED) is 0.609. The van der Waals surface area contributed by atoms with E-state index in [1.54, 1.807) is 6.92 Å². The minimum absolute atomic E-state index is 0.0931. The Morgan fingerprint density at radius 1 is 1.19 bits per heavy atom. The number of ether oxygens (including phenoxy) is 1. The maximum Gasteiger partial charge on any atom is 0.411 e. The molecule has 0 aliphatic heterocycles. The molecule has 0 radical (unpaired) electrons. The maximum atomic E-state index is 13.9. The second kappa shape index (κ2) is 7.70. The third-order valence-electron chi connectivity index (χ3n) is 2.95. The van der Waals surface area contributed by atoms with Crippen LogP contribution >= 0.6 is 0 Å². The first-order chi connectivity index (χ1) is 9.76. The summed E-state index contributed by atoms with van der Waals surface area (Å²) in [4.78, 5) is 0. The van der Waals surface area contributed by atoms with Gasteiger partial charge in [-0.25, -0.2) is 8.78 Å². The van der Waals surface area contributed by atoms with Gasteiger partial charge in [0, 0.05) is 18.2 Å². The average molecular weight is 311 g/mol. The Morgan fingerprint density at radius 3 is 2.43 bits per heavy atom. The van der Waals surface area contributed by atoms with Crippen molar-refractivity contribution in [1.82, 2.24) is 5.32 Å². The molecule has 0 bridgehead atoms. The Bertz CT molecular complexity index is 461. The molecule has 1 N–H and O–H groups in total. The van der Waals surface area contributed by atoms with Crippen molar-refractivity contribution in [3.8, 4) is 0 Å². The van der Waals surface area contributed by atoms with Gasteiger partial charge in [-0.3, -0.25) is 0 Å². The molecule has 1 unspecified atom stereocenters. The fourth-order valence-corrected chi connectivity index (χ4v) is 1.93. The van der Waals surface area contributed by atoms with Gasteiger partial charge in [-0.2, -0.15) is 13.2 Å². The van der Waals surface area contributed by atoms with Crippen LogP contribution in [-0.2, 0) is 4.74 Å². The Balaban J connectivity index is 2.71. The molecule has 0 saturated heterocycles. The van der Waals surface area contributed by atoms with E-state index >= 15 is 0 Å². The number of alkyl halides is 3. The Labute approximate surface area is 120 Å². The van der Waals surface area contributed by atoms with E-state index in [2.05, 4.69) is 10.1 Å². The Kier molecular flexibility index (Phi) is 6.54. The van der Waals surface area contributed by atoms with E-state index in [1.165, 1.54) is 19.1 Å². The monoisotopic (exact) mass is 311 g/mol. The third kappa shape index (κ3) is 5.59. The molecule has 0 heterocycles. The molecule has 1 aromatic rings. The lowest BCUT2D eigenvalue weighted by molar-refractivity contribution is -0.174. The van der Waals surface area contributed by atoms with Gasteiger partial charge in [0.05, 0.1) is 0 Å². The van der Waals surface area contributed by atoms with Crippen molar-refractivity contribution in [3.63, 3.8) is 0 Å². The number of benzene rings is 1. The second-order valence-corrected chi connectivity index (χ2v) is 4.67. The summed E-state index contributed by atoms with van der Waals surface area (Å²) in [6, 6.07) is 2.28. The van der Waals surface area contributed by atoms with Crippen molar-refractivity contribution >= 4 is 0 Å². The highest BCUT2D eigenvalue weighted by molar-refractivity contribution is 5.27. The Hall–Kier alpha value is -1.21. The molecule has 0 aliphatic rings. The third-order valence-corrected chi connectivity index (χ3v) is 2.95. The van der Waals surface area contributed by atoms with Crippen molar-refractivity contribution in [2.75, 3.05) is 19.8 Å². The van der Waals surface area contributed by atoms with Gasteiger partial charge in [0.1, 0.15) is 6.61 Å². The molecule has 1 atom stereocenters. The number of nitrogens with one attached hydrogen (secondary N) is 1. The summed E-state index contributed by atoms with van der Waals surface area (Å²) in [6.07, 6.45) is -4.28. The molecule has 0 spiro atoms. The molecule has 120 valence electrons. The summed E-state index contributed by atoms with van der Waals surface area (Å²) in [7, 11) is 0. The molecule has 0 aliphatic carbocycles. The zero-order valence-corrected chi connectivity index (χ0v) is 11.9. The minimum atomic E-state index is -4.39. The first-order valence-corrected chi connectivity index (χ1v) is 6.58. The highest BCUT2D eigenvalue weighted by Gasteiger charge is 2.27. The van der Waals surface area contributed by atoms with Gasteiger partial charge in [-0.15, -0.1) is 0 Å². The standard InChI is InChI=1S/C14H18F5NO/c1-3-20-11(6-7-21-8-14(17,18)19)10-5-4-9(2)12(15)13(10)16/h4-5,11,20H,3,6-8H2,1-2H3. The van der Waals surface area contributed by atoms with Gasteiger partial charge in [-0.1, -0.05) is 19.1 Å². The molecule has 0 fully saturated rings. The van der Waals surface area contributed by atoms with Gasteiger partial charge < -0.3 is 10.1 Å². The summed E-state index contributed by atoms with van der Waals surface area (Å²) < 4.78 is 67.8. The fraction of sp³-hybridized carbons (Fsp3) is 0.571. The zero-order chi connectivity index (χ0) is 16.0. The zero-order valence-electron chi connectivity index (χ0n) is 11.9. The van der Waals surface area contributed by atoms with Crippen LogP contribution in [0.5, 0.6) is 0 Å². The summed E-state index contributed by atoms with van der Waals surface area (Å²) in [5.41, 5.74) is 0.273. The molecule has 21 heavy (non-hydrogen) atoms. The molecule has 1 rings (SSSR count). The average Bonchev–Trinajstić information content (AvgIpc) is 2.39. The van der Waals surface area contributed by atoms with Crippen molar-refractivity contribution in [2.24, 2.45) is 0 Å². The molecule has 2 nitrogen and oxygen atoms in total. The van der Waals surface area contributed by atoms with Gasteiger partial charge in [0.15, 0.2) is 11.6 Å². The van der Waals surface area contributed by atoms with Crippen LogP contribution in [0.2, 0.25) is 0 Å². The van der Waals surface area contributed by atoms with Crippen LogP contribution in [0, 0.1) is 18.6 Å². The molecular weight excluding hydrogens is 293 g/mol. The normalized spacial score (nSPS) is 13.5. The van der Waals surface area contributed by atoms with Crippen LogP contribution in [0.1, 0.15) is 30.5 Å². The van der Waals surface area contributed by atoms with Crippen LogP contribution in [0.25, 0.3) is 0 Å². The predicted molar refractivity (Wildman–Crippen MR) is 69.0 cm³/mol. The largest absolute Gasteiger partial charge is 0.411 e. The molecule has 7 heteroatoms. The maximum absolute atomic E-state index is 13.9. The van der Waals surface area contributed by atoms with Crippen molar-refractivity contribution < 1.29 is 26.7 Å². The van der Waals surface area contributed by atoms with E-state index in [0.29, 0.717) is 6.54 Å². The van der Waals surface area contributed by atoms with E-state index in [1.807, 2.05) is 0 Å². The fourth-order valence-electron chi connectivity index (χ4n) is 1.93. The summed E-state index contributed by atoms with van der Waals surface area (Å²) >= 11 is 0. The Morgan fingerprint density at radius 2 is 1.86 bits per heavy atom. The lowest BCUT2D eigenvalue weighted by atomic mass is 10.0. The second-order valence-electron chi connectivity index (χ2n) is 4.67. The first kappa shape index (κ1) is 17.8. The van der Waals surface area contributed by atoms with E-state index in [0.717, 1.165) is 0 Å². The topological polar surface area (TPSA) is 21.3 Å². The lowest BCUT2D eigenvalue weighted by Gasteiger charge is -2.20. The predicted octanol–water partition coefficient (Wildman–Crippen LogP) is 3.89. The van der Waals surface area contributed by atoms with Crippen molar-refractivity contribution in [3.05, 3.63) is 34.9 Å². The summed E-state index contributed by atoms with van der Waals surface area (Å²) in [5, 5.41) is 2.92. The number of hydrogen-bond acceptors (Lipinski definition) is 2. The van der Waals surface area contributed by atoms with Crippen LogP contribution in [0.4, 0.5) is 22.0 Å².